The van der Waals surface area contributed by atoms with Crippen LogP contribution in [-0.4, -0.2) is 32.3 Å². The number of ketones is 1. The zero-order chi connectivity index (χ0) is 20.6. The zero-order valence-corrected chi connectivity index (χ0v) is 15.4. The highest BCUT2D eigenvalue weighted by molar-refractivity contribution is 5.99. The van der Waals surface area contributed by atoms with Crippen molar-refractivity contribution in [3.63, 3.8) is 0 Å². The quantitative estimate of drug-likeness (QED) is 0.594. The third kappa shape index (κ3) is 3.53. The molecule has 1 aromatic heterocycles. The van der Waals surface area contributed by atoms with E-state index in [2.05, 4.69) is 4.98 Å². The van der Waals surface area contributed by atoms with E-state index in [1.165, 1.54) is 24.3 Å². The van der Waals surface area contributed by atoms with Gasteiger partial charge in [0.05, 0.1) is 11.5 Å². The van der Waals surface area contributed by atoms with E-state index in [9.17, 15) is 29.4 Å². The highest BCUT2D eigenvalue weighted by Gasteiger charge is 2.39. The monoisotopic (exact) mass is 384 g/mol. The summed E-state index contributed by atoms with van der Waals surface area (Å²) in [6.45, 7) is 3.69. The van der Waals surface area contributed by atoms with Crippen LogP contribution in [0.15, 0.2) is 45.2 Å². The normalized spacial score (nSPS) is 17.4. The SMILES string of the molecule is CC1(C)CC(=O)C(C(c2ccc(C=O)cc2)c2c(O)[nH]c(=O)[nH]c2=O)=C(O)C1. The van der Waals surface area contributed by atoms with E-state index >= 15 is 0 Å². The zero-order valence-electron chi connectivity index (χ0n) is 15.4. The molecular weight excluding hydrogens is 364 g/mol. The van der Waals surface area contributed by atoms with E-state index in [4.69, 9.17) is 0 Å². The summed E-state index contributed by atoms with van der Waals surface area (Å²) in [5.74, 6) is -2.32. The van der Waals surface area contributed by atoms with Gasteiger partial charge in [-0.3, -0.25) is 24.4 Å². The molecule has 0 spiro atoms. The van der Waals surface area contributed by atoms with Crippen molar-refractivity contribution in [1.29, 1.82) is 0 Å². The summed E-state index contributed by atoms with van der Waals surface area (Å²) in [6.07, 6.45) is 1.02. The number of H-pyrrole nitrogens is 2. The predicted molar refractivity (Wildman–Crippen MR) is 101 cm³/mol. The molecule has 0 fully saturated rings. The lowest BCUT2D eigenvalue weighted by molar-refractivity contribution is -0.118. The Hall–Kier alpha value is -3.42. The largest absolute Gasteiger partial charge is 0.512 e. The van der Waals surface area contributed by atoms with Crippen molar-refractivity contribution in [3.05, 3.63) is 73.1 Å². The van der Waals surface area contributed by atoms with E-state index in [-0.39, 0.29) is 35.5 Å². The van der Waals surface area contributed by atoms with Crippen LogP contribution in [0.5, 0.6) is 5.88 Å². The van der Waals surface area contributed by atoms with Crippen LogP contribution in [0.25, 0.3) is 0 Å². The van der Waals surface area contributed by atoms with Gasteiger partial charge in [-0.1, -0.05) is 38.1 Å². The van der Waals surface area contributed by atoms with Crippen LogP contribution in [-0.2, 0) is 4.79 Å². The maximum atomic E-state index is 12.9. The number of hydrogen-bond acceptors (Lipinski definition) is 6. The van der Waals surface area contributed by atoms with Crippen LogP contribution in [0, 0.1) is 5.41 Å². The molecule has 8 nitrogen and oxygen atoms in total. The molecule has 1 unspecified atom stereocenters. The number of allylic oxidation sites excluding steroid dienone is 2. The van der Waals surface area contributed by atoms with E-state index < -0.39 is 28.5 Å². The second kappa shape index (κ2) is 6.95. The van der Waals surface area contributed by atoms with Crippen LogP contribution < -0.4 is 11.2 Å². The average Bonchev–Trinajstić information content (AvgIpc) is 2.58. The molecule has 1 aromatic carbocycles. The molecule has 3 rings (SSSR count). The van der Waals surface area contributed by atoms with Gasteiger partial charge in [0.1, 0.15) is 12.0 Å². The maximum Gasteiger partial charge on any atom is 0.328 e. The van der Waals surface area contributed by atoms with Gasteiger partial charge >= 0.3 is 5.69 Å². The summed E-state index contributed by atoms with van der Waals surface area (Å²) in [4.78, 5) is 51.9. The second-order valence-corrected chi connectivity index (χ2v) is 7.69. The van der Waals surface area contributed by atoms with Gasteiger partial charge in [0.25, 0.3) is 5.56 Å². The van der Waals surface area contributed by atoms with E-state index in [1.807, 2.05) is 18.8 Å². The third-order valence-electron chi connectivity index (χ3n) is 4.84. The first-order chi connectivity index (χ1) is 13.1. The first-order valence-corrected chi connectivity index (χ1v) is 8.69. The molecule has 8 heteroatoms. The van der Waals surface area contributed by atoms with Crippen molar-refractivity contribution in [1.82, 2.24) is 9.97 Å². The van der Waals surface area contributed by atoms with Gasteiger partial charge in [0, 0.05) is 24.0 Å². The summed E-state index contributed by atoms with van der Waals surface area (Å²) in [5, 5.41) is 20.9. The van der Waals surface area contributed by atoms with Crippen LogP contribution >= 0.6 is 0 Å². The number of aromatic amines is 2. The van der Waals surface area contributed by atoms with Gasteiger partial charge in [-0.05, 0) is 11.0 Å². The standard InChI is InChI=1S/C20H20N2O6/c1-20(2)7-12(24)15(13(25)8-20)14(11-5-3-10(9-23)4-6-11)16-17(26)21-19(28)22-18(16)27/h3-6,9,14,24H,7-8H2,1-2H3,(H3,21,22,26,27,28). The second-order valence-electron chi connectivity index (χ2n) is 7.69. The number of aromatic hydroxyl groups is 1. The summed E-state index contributed by atoms with van der Waals surface area (Å²) in [6, 6.07) is 6.07. The fourth-order valence-electron chi connectivity index (χ4n) is 3.63. The maximum absolute atomic E-state index is 12.9. The van der Waals surface area contributed by atoms with Gasteiger partial charge < -0.3 is 10.2 Å². The molecule has 0 amide bonds. The van der Waals surface area contributed by atoms with E-state index in [0.29, 0.717) is 17.4 Å². The first kappa shape index (κ1) is 19.3. The minimum Gasteiger partial charge on any atom is -0.512 e. The van der Waals surface area contributed by atoms with Crippen molar-refractivity contribution in [2.24, 2.45) is 5.41 Å². The van der Waals surface area contributed by atoms with Gasteiger partial charge in [-0.15, -0.1) is 0 Å². The Morgan fingerprint density at radius 3 is 2.21 bits per heavy atom. The number of hydrogen-bond donors (Lipinski definition) is 4. The van der Waals surface area contributed by atoms with E-state index in [0.717, 1.165) is 0 Å². The number of benzene rings is 1. The van der Waals surface area contributed by atoms with Crippen molar-refractivity contribution in [2.45, 2.75) is 32.6 Å². The number of aliphatic hydroxyl groups is 1. The van der Waals surface area contributed by atoms with Gasteiger partial charge in [-0.2, -0.15) is 0 Å². The van der Waals surface area contributed by atoms with Gasteiger partial charge in [0.2, 0.25) is 5.88 Å². The molecule has 146 valence electrons. The third-order valence-corrected chi connectivity index (χ3v) is 4.84. The molecule has 0 radical (unpaired) electrons. The molecule has 0 aliphatic heterocycles. The Kier molecular flexibility index (Phi) is 4.80. The van der Waals surface area contributed by atoms with Crippen molar-refractivity contribution in [2.75, 3.05) is 0 Å². The first-order valence-electron chi connectivity index (χ1n) is 8.69. The number of aromatic nitrogens is 2. The Bertz CT molecular complexity index is 1090. The Morgan fingerprint density at radius 1 is 1.04 bits per heavy atom. The Morgan fingerprint density at radius 2 is 1.68 bits per heavy atom. The lowest BCUT2D eigenvalue weighted by Gasteiger charge is -2.32. The number of nitrogens with one attached hydrogen (secondary N) is 2. The number of rotatable bonds is 4. The highest BCUT2D eigenvalue weighted by Crippen LogP contribution is 2.43. The molecule has 1 heterocycles. The van der Waals surface area contributed by atoms with Crippen LogP contribution in [0.2, 0.25) is 0 Å². The van der Waals surface area contributed by atoms with Gasteiger partial charge in [0.15, 0.2) is 5.78 Å². The summed E-state index contributed by atoms with van der Waals surface area (Å²) in [7, 11) is 0. The number of Topliss-reactive ketones (excluding diaryl/α,β-unsaturated/α-hetero) is 1. The number of carbonyl (C=O) groups is 2. The molecule has 0 saturated heterocycles. The molecule has 1 aliphatic carbocycles. The van der Waals surface area contributed by atoms with E-state index in [1.54, 1.807) is 0 Å². The molecule has 28 heavy (non-hydrogen) atoms. The number of aldehydes is 1. The molecule has 1 aliphatic rings. The summed E-state index contributed by atoms with van der Waals surface area (Å²) < 4.78 is 0. The number of carbonyl (C=O) groups excluding carboxylic acids is 2. The lowest BCUT2D eigenvalue weighted by atomic mass is 9.71. The molecule has 0 bridgehead atoms. The summed E-state index contributed by atoms with van der Waals surface area (Å²) >= 11 is 0. The van der Waals surface area contributed by atoms with Gasteiger partial charge in [-0.25, -0.2) is 4.79 Å². The van der Waals surface area contributed by atoms with Crippen LogP contribution in [0.1, 0.15) is 54.1 Å². The molecule has 0 saturated carbocycles. The number of aliphatic hydroxyl groups excluding tert-OH is 1. The highest BCUT2D eigenvalue weighted by atomic mass is 16.3. The van der Waals surface area contributed by atoms with Crippen molar-refractivity contribution in [3.8, 4) is 5.88 Å². The molecule has 2 aromatic rings. The Labute approximate surface area is 159 Å². The molecule has 4 N–H and O–H groups in total. The predicted octanol–water partition coefficient (Wildman–Crippen LogP) is 1.91. The summed E-state index contributed by atoms with van der Waals surface area (Å²) in [5.41, 5.74) is -1.68. The Balaban J connectivity index is 2.30. The average molecular weight is 384 g/mol. The van der Waals surface area contributed by atoms with Crippen molar-refractivity contribution >= 4 is 12.1 Å². The minimum absolute atomic E-state index is 0.00831. The molecule has 1 atom stereocenters. The topological polar surface area (TPSA) is 140 Å². The molecular formula is C20H20N2O6. The minimum atomic E-state index is -1.11. The van der Waals surface area contributed by atoms with Crippen molar-refractivity contribution < 1.29 is 19.8 Å². The fraction of sp³-hybridized carbons (Fsp3) is 0.300. The lowest BCUT2D eigenvalue weighted by Crippen LogP contribution is -2.32. The van der Waals surface area contributed by atoms with Crippen LogP contribution in [0.4, 0.5) is 0 Å². The fourth-order valence-corrected chi connectivity index (χ4v) is 3.63. The van der Waals surface area contributed by atoms with Crippen LogP contribution in [0.3, 0.4) is 0 Å². The smallest absolute Gasteiger partial charge is 0.328 e.